The van der Waals surface area contributed by atoms with Gasteiger partial charge in [-0.25, -0.2) is 0 Å². The molecule has 11 heavy (non-hydrogen) atoms. The van der Waals surface area contributed by atoms with Gasteiger partial charge in [0.05, 0.1) is 0 Å². The highest BCUT2D eigenvalue weighted by Gasteiger charge is 1.96. The molecule has 66 valence electrons. The van der Waals surface area contributed by atoms with E-state index in [2.05, 4.69) is 26.0 Å². The summed E-state index contributed by atoms with van der Waals surface area (Å²) in [6, 6.07) is 0. The Bertz CT molecular complexity index is 97.0. The van der Waals surface area contributed by atoms with Gasteiger partial charge in [-0.05, 0) is 31.6 Å². The van der Waals surface area contributed by atoms with E-state index in [4.69, 9.17) is 5.11 Å². The third-order valence-corrected chi connectivity index (χ3v) is 1.78. The predicted octanol–water partition coefficient (Wildman–Crippen LogP) is 2.75. The molecule has 0 bridgehead atoms. The van der Waals surface area contributed by atoms with Crippen LogP contribution in [-0.4, -0.2) is 11.7 Å². The van der Waals surface area contributed by atoms with E-state index in [1.54, 1.807) is 0 Å². The molecule has 1 N–H and O–H groups in total. The van der Waals surface area contributed by atoms with E-state index in [1.807, 2.05) is 0 Å². The van der Waals surface area contributed by atoms with Crippen molar-refractivity contribution in [2.75, 3.05) is 6.61 Å². The minimum Gasteiger partial charge on any atom is -0.396 e. The van der Waals surface area contributed by atoms with E-state index in [9.17, 15) is 0 Å². The molecule has 0 aromatic rings. The van der Waals surface area contributed by atoms with Gasteiger partial charge < -0.3 is 5.11 Å². The van der Waals surface area contributed by atoms with Crippen LogP contribution in [0.4, 0.5) is 0 Å². The predicted molar refractivity (Wildman–Crippen MR) is 49.5 cm³/mol. The molecule has 1 atom stereocenters. The Morgan fingerprint density at radius 2 is 2.09 bits per heavy atom. The van der Waals surface area contributed by atoms with Gasteiger partial charge >= 0.3 is 0 Å². The average Bonchev–Trinajstić information content (AvgIpc) is 2.04. The second kappa shape index (κ2) is 7.80. The molecule has 0 rings (SSSR count). The Balaban J connectivity index is 3.07. The highest BCUT2D eigenvalue weighted by Crippen LogP contribution is 2.06. The van der Waals surface area contributed by atoms with Crippen LogP contribution >= 0.6 is 0 Å². The molecule has 0 spiro atoms. The molecule has 0 amide bonds. The van der Waals surface area contributed by atoms with Crippen LogP contribution in [0.3, 0.4) is 0 Å². The van der Waals surface area contributed by atoms with Crippen LogP contribution in [0.1, 0.15) is 39.5 Å². The first-order chi connectivity index (χ1) is 5.31. The maximum Gasteiger partial charge on any atom is 0.0456 e. The molecule has 0 aromatic heterocycles. The van der Waals surface area contributed by atoms with Crippen molar-refractivity contribution in [2.24, 2.45) is 5.92 Å². The van der Waals surface area contributed by atoms with Crippen molar-refractivity contribution in [1.29, 1.82) is 0 Å². The maximum absolute atomic E-state index is 8.72. The Morgan fingerprint density at radius 1 is 1.36 bits per heavy atom. The molecule has 0 radical (unpaired) electrons. The van der Waals surface area contributed by atoms with Crippen molar-refractivity contribution in [1.82, 2.24) is 0 Å². The molecule has 1 heteroatoms. The van der Waals surface area contributed by atoms with Crippen LogP contribution in [0.2, 0.25) is 0 Å². The van der Waals surface area contributed by atoms with Crippen LogP contribution in [-0.2, 0) is 0 Å². The van der Waals surface area contributed by atoms with E-state index in [0.717, 1.165) is 19.3 Å². The summed E-state index contributed by atoms with van der Waals surface area (Å²) in [4.78, 5) is 0. The van der Waals surface area contributed by atoms with Crippen molar-refractivity contribution < 1.29 is 5.11 Å². The fourth-order valence-electron chi connectivity index (χ4n) is 0.960. The zero-order valence-electron chi connectivity index (χ0n) is 7.71. The lowest BCUT2D eigenvalue weighted by Gasteiger charge is -2.04. The second-order valence-electron chi connectivity index (χ2n) is 3.10. The van der Waals surface area contributed by atoms with Gasteiger partial charge in [0.25, 0.3) is 0 Å². The van der Waals surface area contributed by atoms with Gasteiger partial charge in [-0.1, -0.05) is 26.0 Å². The second-order valence-corrected chi connectivity index (χ2v) is 3.10. The lowest BCUT2D eigenvalue weighted by molar-refractivity contribution is 0.228. The molecule has 0 saturated carbocycles. The van der Waals surface area contributed by atoms with E-state index < -0.39 is 0 Å². The molecule has 0 heterocycles. The van der Waals surface area contributed by atoms with Crippen molar-refractivity contribution >= 4 is 0 Å². The van der Waals surface area contributed by atoms with E-state index in [-0.39, 0.29) is 0 Å². The first-order valence-electron chi connectivity index (χ1n) is 4.57. The van der Waals surface area contributed by atoms with Gasteiger partial charge in [0.15, 0.2) is 0 Å². The van der Waals surface area contributed by atoms with Crippen LogP contribution in [0.15, 0.2) is 12.2 Å². The minimum atomic E-state index is 0.331. The summed E-state index contributed by atoms with van der Waals surface area (Å²) < 4.78 is 0. The van der Waals surface area contributed by atoms with E-state index in [1.165, 1.54) is 6.42 Å². The largest absolute Gasteiger partial charge is 0.396 e. The number of rotatable bonds is 6. The fraction of sp³-hybridized carbons (Fsp3) is 0.800. The lowest BCUT2D eigenvalue weighted by Crippen LogP contribution is -1.99. The third-order valence-electron chi connectivity index (χ3n) is 1.78. The minimum absolute atomic E-state index is 0.331. The molecule has 0 saturated heterocycles. The topological polar surface area (TPSA) is 20.2 Å². The van der Waals surface area contributed by atoms with Crippen LogP contribution in [0, 0.1) is 5.92 Å². The molecule has 0 fully saturated rings. The first-order valence-corrected chi connectivity index (χ1v) is 4.57. The van der Waals surface area contributed by atoms with Gasteiger partial charge in [0, 0.05) is 6.61 Å². The Kier molecular flexibility index (Phi) is 7.59. The molecule has 0 aliphatic carbocycles. The number of hydrogen-bond donors (Lipinski definition) is 1. The molecule has 0 aromatic carbocycles. The van der Waals surface area contributed by atoms with E-state index >= 15 is 0 Å². The molecule has 0 aliphatic heterocycles. The zero-order chi connectivity index (χ0) is 8.53. The van der Waals surface area contributed by atoms with Crippen molar-refractivity contribution in [3.8, 4) is 0 Å². The van der Waals surface area contributed by atoms with Gasteiger partial charge in [-0.15, -0.1) is 0 Å². The van der Waals surface area contributed by atoms with Gasteiger partial charge in [0.2, 0.25) is 0 Å². The quantitative estimate of drug-likeness (QED) is 0.463. The Morgan fingerprint density at radius 3 is 2.64 bits per heavy atom. The van der Waals surface area contributed by atoms with Crippen LogP contribution < -0.4 is 0 Å². The first kappa shape index (κ1) is 10.7. The van der Waals surface area contributed by atoms with Crippen molar-refractivity contribution in [2.45, 2.75) is 39.5 Å². The number of unbranched alkanes of at least 4 members (excludes halogenated alkanes) is 1. The van der Waals surface area contributed by atoms with E-state index in [0.29, 0.717) is 12.5 Å². The number of hydrogen-bond acceptors (Lipinski definition) is 1. The maximum atomic E-state index is 8.72. The summed E-state index contributed by atoms with van der Waals surface area (Å²) >= 11 is 0. The van der Waals surface area contributed by atoms with Gasteiger partial charge in [-0.3, -0.25) is 0 Å². The summed E-state index contributed by atoms with van der Waals surface area (Å²) in [5.74, 6) is 0.477. The monoisotopic (exact) mass is 156 g/mol. The SMILES string of the molecule is CC/C=C/CCC[C@H](C)CO. The molecular weight excluding hydrogens is 136 g/mol. The van der Waals surface area contributed by atoms with Gasteiger partial charge in [0.1, 0.15) is 0 Å². The molecule has 1 nitrogen and oxygen atoms in total. The average molecular weight is 156 g/mol. The summed E-state index contributed by atoms with van der Waals surface area (Å²) in [7, 11) is 0. The van der Waals surface area contributed by atoms with Crippen molar-refractivity contribution in [3.63, 3.8) is 0 Å². The summed E-state index contributed by atoms with van der Waals surface area (Å²) in [6.07, 6.45) is 9.07. The Hall–Kier alpha value is -0.300. The van der Waals surface area contributed by atoms with Gasteiger partial charge in [-0.2, -0.15) is 0 Å². The summed E-state index contributed by atoms with van der Waals surface area (Å²) in [5.41, 5.74) is 0. The Labute approximate surface area is 70.1 Å². The normalized spacial score (nSPS) is 14.1. The number of allylic oxidation sites excluding steroid dienone is 2. The number of aliphatic hydroxyl groups excluding tert-OH is 1. The highest BCUT2D eigenvalue weighted by molar-refractivity contribution is 4.79. The van der Waals surface area contributed by atoms with Crippen LogP contribution in [0.25, 0.3) is 0 Å². The summed E-state index contributed by atoms with van der Waals surface area (Å²) in [6.45, 7) is 4.56. The van der Waals surface area contributed by atoms with Crippen LogP contribution in [0.5, 0.6) is 0 Å². The molecular formula is C10H20O. The zero-order valence-corrected chi connectivity index (χ0v) is 7.71. The highest BCUT2D eigenvalue weighted by atomic mass is 16.3. The smallest absolute Gasteiger partial charge is 0.0456 e. The fourth-order valence-corrected chi connectivity index (χ4v) is 0.960. The molecule has 0 unspecified atom stereocenters. The molecule has 0 aliphatic rings. The summed E-state index contributed by atoms with van der Waals surface area (Å²) in [5, 5.41) is 8.72. The third kappa shape index (κ3) is 7.60. The van der Waals surface area contributed by atoms with Crippen molar-refractivity contribution in [3.05, 3.63) is 12.2 Å². The standard InChI is InChI=1S/C10H20O/c1-3-4-5-6-7-8-10(2)9-11/h4-5,10-11H,3,6-9H2,1-2H3/b5-4+/t10-/m0/s1. The number of aliphatic hydroxyl groups is 1. The lowest BCUT2D eigenvalue weighted by atomic mass is 10.1.